The molecule has 0 aromatic carbocycles. The van der Waals surface area contributed by atoms with Crippen molar-refractivity contribution in [1.82, 2.24) is 10.2 Å². The normalized spacial score (nSPS) is 27.3. The molecule has 0 heterocycles. The zero-order valence-corrected chi connectivity index (χ0v) is 13.5. The van der Waals surface area contributed by atoms with Gasteiger partial charge in [0, 0.05) is 25.0 Å². The Balaban J connectivity index is 1.80. The highest BCUT2D eigenvalue weighted by molar-refractivity contribution is 5.82. The first-order chi connectivity index (χ1) is 9.90. The maximum atomic E-state index is 12.0. The summed E-state index contributed by atoms with van der Waals surface area (Å²) >= 11 is 0. The maximum Gasteiger partial charge on any atom is 0.237 e. The van der Waals surface area contributed by atoms with Gasteiger partial charge in [-0.25, -0.2) is 0 Å². The molecule has 0 aromatic heterocycles. The first-order valence-corrected chi connectivity index (χ1v) is 8.25. The van der Waals surface area contributed by atoms with E-state index in [-0.39, 0.29) is 23.8 Å². The lowest BCUT2D eigenvalue weighted by Gasteiger charge is -2.37. The molecule has 21 heavy (non-hydrogen) atoms. The van der Waals surface area contributed by atoms with Gasteiger partial charge in [-0.2, -0.15) is 0 Å². The summed E-state index contributed by atoms with van der Waals surface area (Å²) in [4.78, 5) is 25.9. The van der Waals surface area contributed by atoms with Crippen molar-refractivity contribution >= 4 is 11.8 Å². The van der Waals surface area contributed by atoms with Crippen molar-refractivity contribution in [2.24, 2.45) is 11.7 Å². The van der Waals surface area contributed by atoms with Gasteiger partial charge in [0.15, 0.2) is 0 Å². The molecule has 3 N–H and O–H groups in total. The first-order valence-electron chi connectivity index (χ1n) is 8.25. The van der Waals surface area contributed by atoms with Crippen molar-refractivity contribution in [2.75, 3.05) is 0 Å². The SMILES string of the molecule is CC(=O)N(C1CCC(NC(=O)[C@@H](N)C(C)C)CC1)C1CC1. The summed E-state index contributed by atoms with van der Waals surface area (Å²) in [6.07, 6.45) is 6.16. The van der Waals surface area contributed by atoms with E-state index in [2.05, 4.69) is 10.2 Å². The second-order valence-corrected chi connectivity index (χ2v) is 6.94. The summed E-state index contributed by atoms with van der Waals surface area (Å²) in [5, 5.41) is 3.07. The van der Waals surface area contributed by atoms with Gasteiger partial charge in [-0.3, -0.25) is 9.59 Å². The molecule has 2 aliphatic rings. The molecule has 1 atom stereocenters. The minimum atomic E-state index is -0.428. The molecule has 0 unspecified atom stereocenters. The van der Waals surface area contributed by atoms with Gasteiger partial charge < -0.3 is 16.0 Å². The van der Waals surface area contributed by atoms with Crippen molar-refractivity contribution in [3.63, 3.8) is 0 Å². The van der Waals surface area contributed by atoms with E-state index in [1.165, 1.54) is 0 Å². The molecule has 0 aromatic rings. The molecule has 2 fully saturated rings. The molecule has 0 bridgehead atoms. The Morgan fingerprint density at radius 1 is 1.05 bits per heavy atom. The lowest BCUT2D eigenvalue weighted by atomic mass is 9.89. The van der Waals surface area contributed by atoms with Crippen LogP contribution in [-0.2, 0) is 9.59 Å². The number of nitrogens with two attached hydrogens (primary N) is 1. The molecule has 2 amide bonds. The van der Waals surface area contributed by atoms with Gasteiger partial charge in [0.05, 0.1) is 6.04 Å². The molecule has 2 saturated carbocycles. The molecule has 0 aliphatic heterocycles. The Hall–Kier alpha value is -1.10. The summed E-state index contributed by atoms with van der Waals surface area (Å²) in [5.74, 6) is 0.315. The van der Waals surface area contributed by atoms with Crippen molar-refractivity contribution < 1.29 is 9.59 Å². The van der Waals surface area contributed by atoms with Crippen molar-refractivity contribution in [2.45, 2.75) is 83.5 Å². The Morgan fingerprint density at radius 2 is 1.52 bits per heavy atom. The molecular weight excluding hydrogens is 266 g/mol. The van der Waals surface area contributed by atoms with Crippen LogP contribution in [-0.4, -0.2) is 40.9 Å². The van der Waals surface area contributed by atoms with Crippen LogP contribution < -0.4 is 11.1 Å². The Labute approximate surface area is 127 Å². The highest BCUT2D eigenvalue weighted by Crippen LogP contribution is 2.33. The number of rotatable bonds is 5. The molecule has 0 saturated heterocycles. The number of hydrogen-bond donors (Lipinski definition) is 2. The molecule has 0 spiro atoms. The fraction of sp³-hybridized carbons (Fsp3) is 0.875. The zero-order valence-electron chi connectivity index (χ0n) is 13.5. The van der Waals surface area contributed by atoms with Gasteiger partial charge in [-0.05, 0) is 44.4 Å². The third-order valence-electron chi connectivity index (χ3n) is 4.76. The van der Waals surface area contributed by atoms with Crippen molar-refractivity contribution in [3.05, 3.63) is 0 Å². The molecule has 5 nitrogen and oxygen atoms in total. The number of carbonyl (C=O) groups is 2. The third-order valence-corrected chi connectivity index (χ3v) is 4.76. The summed E-state index contributed by atoms with van der Waals surface area (Å²) in [6.45, 7) is 5.59. The number of carbonyl (C=O) groups excluding carboxylic acids is 2. The van der Waals surface area contributed by atoms with E-state index in [1.807, 2.05) is 13.8 Å². The van der Waals surface area contributed by atoms with E-state index in [0.717, 1.165) is 38.5 Å². The van der Waals surface area contributed by atoms with Crippen LogP contribution in [0.4, 0.5) is 0 Å². The van der Waals surface area contributed by atoms with Crippen LogP contribution in [0.5, 0.6) is 0 Å². The van der Waals surface area contributed by atoms with E-state index in [9.17, 15) is 9.59 Å². The summed E-state index contributed by atoms with van der Waals surface area (Å²) < 4.78 is 0. The number of amides is 2. The minimum absolute atomic E-state index is 0.0425. The topological polar surface area (TPSA) is 75.4 Å². The summed E-state index contributed by atoms with van der Waals surface area (Å²) in [7, 11) is 0. The quantitative estimate of drug-likeness (QED) is 0.805. The minimum Gasteiger partial charge on any atom is -0.352 e. The molecule has 0 radical (unpaired) electrons. The van der Waals surface area contributed by atoms with Gasteiger partial charge in [-0.15, -0.1) is 0 Å². The standard InChI is InChI=1S/C16H29N3O2/c1-10(2)15(17)16(21)18-12-4-6-13(7-5-12)19(11(3)20)14-8-9-14/h10,12-15H,4-9,17H2,1-3H3,(H,18,21)/t12?,13?,15-/m0/s1. The van der Waals surface area contributed by atoms with Gasteiger partial charge in [0.25, 0.3) is 0 Å². The van der Waals surface area contributed by atoms with Gasteiger partial charge in [0.2, 0.25) is 11.8 Å². The number of nitrogens with zero attached hydrogens (tertiary/aromatic N) is 1. The molecule has 5 heteroatoms. The average molecular weight is 295 g/mol. The smallest absolute Gasteiger partial charge is 0.237 e. The van der Waals surface area contributed by atoms with Crippen LogP contribution in [0, 0.1) is 5.92 Å². The third kappa shape index (κ3) is 4.19. The Morgan fingerprint density at radius 3 is 1.90 bits per heavy atom. The largest absolute Gasteiger partial charge is 0.352 e. The van der Waals surface area contributed by atoms with Crippen molar-refractivity contribution in [3.8, 4) is 0 Å². The van der Waals surface area contributed by atoms with E-state index in [0.29, 0.717) is 12.1 Å². The van der Waals surface area contributed by atoms with E-state index in [4.69, 9.17) is 5.73 Å². The van der Waals surface area contributed by atoms with Crippen LogP contribution >= 0.6 is 0 Å². The van der Waals surface area contributed by atoms with Gasteiger partial charge >= 0.3 is 0 Å². The van der Waals surface area contributed by atoms with Crippen LogP contribution in [0.3, 0.4) is 0 Å². The van der Waals surface area contributed by atoms with Crippen LogP contribution in [0.2, 0.25) is 0 Å². The monoisotopic (exact) mass is 295 g/mol. The van der Waals surface area contributed by atoms with Crippen molar-refractivity contribution in [1.29, 1.82) is 0 Å². The van der Waals surface area contributed by atoms with Gasteiger partial charge in [0.1, 0.15) is 0 Å². The Kier molecular flexibility index (Phi) is 5.25. The summed E-state index contributed by atoms with van der Waals surface area (Å²) in [6, 6.07) is 0.629. The predicted octanol–water partition coefficient (Wildman–Crippen LogP) is 1.41. The van der Waals surface area contributed by atoms with Crippen LogP contribution in [0.1, 0.15) is 59.3 Å². The molecular formula is C16H29N3O2. The number of nitrogens with one attached hydrogen (secondary N) is 1. The first kappa shape index (κ1) is 16.3. The fourth-order valence-electron chi connectivity index (χ4n) is 3.26. The summed E-state index contributed by atoms with van der Waals surface area (Å²) in [5.41, 5.74) is 5.88. The lowest BCUT2D eigenvalue weighted by Crippen LogP contribution is -2.50. The highest BCUT2D eigenvalue weighted by Gasteiger charge is 2.37. The fourth-order valence-corrected chi connectivity index (χ4v) is 3.26. The molecule has 2 aliphatic carbocycles. The predicted molar refractivity (Wildman–Crippen MR) is 82.5 cm³/mol. The van der Waals surface area contributed by atoms with E-state index < -0.39 is 6.04 Å². The second-order valence-electron chi connectivity index (χ2n) is 6.94. The Bertz CT molecular complexity index is 385. The van der Waals surface area contributed by atoms with Gasteiger partial charge in [-0.1, -0.05) is 13.8 Å². The van der Waals surface area contributed by atoms with Crippen LogP contribution in [0.25, 0.3) is 0 Å². The van der Waals surface area contributed by atoms with E-state index in [1.54, 1.807) is 6.92 Å². The molecule has 2 rings (SSSR count). The lowest BCUT2D eigenvalue weighted by molar-refractivity contribution is -0.133. The van der Waals surface area contributed by atoms with Crippen LogP contribution in [0.15, 0.2) is 0 Å². The highest BCUT2D eigenvalue weighted by atomic mass is 16.2. The molecule has 120 valence electrons. The zero-order chi connectivity index (χ0) is 15.6. The average Bonchev–Trinajstić information content (AvgIpc) is 3.24. The maximum absolute atomic E-state index is 12.0. The second kappa shape index (κ2) is 6.77. The van der Waals surface area contributed by atoms with E-state index >= 15 is 0 Å². The number of hydrogen-bond acceptors (Lipinski definition) is 3.